The number of rotatable bonds is 4. The SMILES string of the molecule is CCOc1ccccc1/C=C1/SC(=Nc2cccc(Cl)c2C)NC1=O. The Kier molecular flexibility index (Phi) is 5.46. The van der Waals surface area contributed by atoms with E-state index in [1.165, 1.54) is 11.8 Å². The summed E-state index contributed by atoms with van der Waals surface area (Å²) in [5.41, 5.74) is 2.49. The van der Waals surface area contributed by atoms with Gasteiger partial charge in [-0.15, -0.1) is 0 Å². The van der Waals surface area contributed by atoms with Crippen LogP contribution in [0.15, 0.2) is 52.4 Å². The van der Waals surface area contributed by atoms with E-state index < -0.39 is 0 Å². The van der Waals surface area contributed by atoms with Crippen LogP contribution < -0.4 is 10.1 Å². The Bertz CT molecular complexity index is 877. The second kappa shape index (κ2) is 7.76. The zero-order chi connectivity index (χ0) is 17.8. The van der Waals surface area contributed by atoms with Crippen molar-refractivity contribution in [1.82, 2.24) is 5.32 Å². The van der Waals surface area contributed by atoms with Crippen LogP contribution in [0.1, 0.15) is 18.1 Å². The summed E-state index contributed by atoms with van der Waals surface area (Å²) in [6.45, 7) is 4.40. The molecule has 0 unspecified atom stereocenters. The highest BCUT2D eigenvalue weighted by atomic mass is 35.5. The first-order valence-corrected chi connectivity index (χ1v) is 9.04. The molecule has 0 atom stereocenters. The molecule has 0 radical (unpaired) electrons. The highest BCUT2D eigenvalue weighted by Crippen LogP contribution is 2.32. The van der Waals surface area contributed by atoms with Crippen molar-refractivity contribution in [3.8, 4) is 5.75 Å². The zero-order valence-electron chi connectivity index (χ0n) is 13.9. The molecular formula is C19H17ClN2O2S. The van der Waals surface area contributed by atoms with Crippen LogP contribution in [0, 0.1) is 6.92 Å². The lowest BCUT2D eigenvalue weighted by Gasteiger charge is -2.06. The Morgan fingerprint density at radius 1 is 1.24 bits per heavy atom. The smallest absolute Gasteiger partial charge is 0.264 e. The number of hydrogen-bond acceptors (Lipinski definition) is 4. The summed E-state index contributed by atoms with van der Waals surface area (Å²) in [5, 5.41) is 3.98. The third kappa shape index (κ3) is 4.06. The van der Waals surface area contributed by atoms with Gasteiger partial charge in [0.15, 0.2) is 5.17 Å². The Morgan fingerprint density at radius 2 is 2.04 bits per heavy atom. The van der Waals surface area contributed by atoms with Gasteiger partial charge < -0.3 is 10.1 Å². The third-order valence-electron chi connectivity index (χ3n) is 3.62. The minimum absolute atomic E-state index is 0.172. The molecule has 1 heterocycles. The van der Waals surface area contributed by atoms with Crippen LogP contribution in [0.4, 0.5) is 5.69 Å². The number of aliphatic imine (C=N–C) groups is 1. The van der Waals surface area contributed by atoms with Gasteiger partial charge in [-0.3, -0.25) is 4.79 Å². The van der Waals surface area contributed by atoms with Crippen LogP contribution in [0.5, 0.6) is 5.75 Å². The molecular weight excluding hydrogens is 356 g/mol. The number of nitrogens with zero attached hydrogens (tertiary/aromatic N) is 1. The molecule has 0 spiro atoms. The van der Waals surface area contributed by atoms with Crippen LogP contribution >= 0.6 is 23.4 Å². The number of carbonyl (C=O) groups is 1. The Labute approximate surface area is 155 Å². The molecule has 1 aliphatic heterocycles. The molecule has 2 aromatic rings. The lowest BCUT2D eigenvalue weighted by atomic mass is 10.2. The molecule has 2 aromatic carbocycles. The fourth-order valence-corrected chi connectivity index (χ4v) is 3.33. The summed E-state index contributed by atoms with van der Waals surface area (Å²) in [6.07, 6.45) is 1.82. The minimum atomic E-state index is -0.172. The van der Waals surface area contributed by atoms with Crippen LogP contribution in [0.3, 0.4) is 0 Å². The van der Waals surface area contributed by atoms with Gasteiger partial charge in [-0.2, -0.15) is 0 Å². The first kappa shape index (κ1) is 17.6. The van der Waals surface area contributed by atoms with Crippen molar-refractivity contribution in [3.63, 3.8) is 0 Å². The topological polar surface area (TPSA) is 50.7 Å². The van der Waals surface area contributed by atoms with Crippen molar-refractivity contribution in [2.45, 2.75) is 13.8 Å². The van der Waals surface area contributed by atoms with E-state index in [0.29, 0.717) is 21.7 Å². The summed E-state index contributed by atoms with van der Waals surface area (Å²) in [4.78, 5) is 17.3. The largest absolute Gasteiger partial charge is 0.493 e. The second-order valence-electron chi connectivity index (χ2n) is 5.34. The maximum absolute atomic E-state index is 12.3. The Balaban J connectivity index is 1.88. The van der Waals surface area contributed by atoms with E-state index in [1.807, 2.05) is 62.4 Å². The first-order chi connectivity index (χ1) is 12.1. The molecule has 128 valence electrons. The van der Waals surface area contributed by atoms with E-state index in [4.69, 9.17) is 16.3 Å². The number of carbonyl (C=O) groups excluding carboxylic acids is 1. The van der Waals surface area contributed by atoms with Crippen molar-refractivity contribution in [3.05, 3.63) is 63.5 Å². The minimum Gasteiger partial charge on any atom is -0.493 e. The van der Waals surface area contributed by atoms with Crippen molar-refractivity contribution in [2.75, 3.05) is 6.61 Å². The molecule has 0 saturated carbocycles. The van der Waals surface area contributed by atoms with Crippen LogP contribution in [0.2, 0.25) is 5.02 Å². The van der Waals surface area contributed by atoms with Crippen molar-refractivity contribution < 1.29 is 9.53 Å². The van der Waals surface area contributed by atoms with E-state index in [9.17, 15) is 4.79 Å². The summed E-state index contributed by atoms with van der Waals surface area (Å²) in [6, 6.07) is 13.1. The molecule has 1 fully saturated rings. The van der Waals surface area contributed by atoms with Gasteiger partial charge in [-0.25, -0.2) is 4.99 Å². The summed E-state index contributed by atoms with van der Waals surface area (Å²) in [5.74, 6) is 0.580. The molecule has 1 saturated heterocycles. The normalized spacial score (nSPS) is 17.2. The standard InChI is InChI=1S/C19H17ClN2O2S/c1-3-24-16-10-5-4-7-13(16)11-17-18(23)22-19(25-17)21-15-9-6-8-14(20)12(15)2/h4-11H,3H2,1-2H3,(H,21,22,23)/b17-11+. The highest BCUT2D eigenvalue weighted by molar-refractivity contribution is 8.18. The van der Waals surface area contributed by atoms with E-state index in [1.54, 1.807) is 0 Å². The van der Waals surface area contributed by atoms with E-state index in [-0.39, 0.29) is 5.91 Å². The number of benzene rings is 2. The van der Waals surface area contributed by atoms with E-state index >= 15 is 0 Å². The maximum atomic E-state index is 12.3. The van der Waals surface area contributed by atoms with Gasteiger partial charge in [-0.05, 0) is 55.4 Å². The molecule has 0 bridgehead atoms. The zero-order valence-corrected chi connectivity index (χ0v) is 15.4. The summed E-state index contributed by atoms with van der Waals surface area (Å²) in [7, 11) is 0. The molecule has 1 N–H and O–H groups in total. The summed E-state index contributed by atoms with van der Waals surface area (Å²) >= 11 is 7.42. The monoisotopic (exact) mass is 372 g/mol. The van der Waals surface area contributed by atoms with Gasteiger partial charge in [0, 0.05) is 10.6 Å². The van der Waals surface area contributed by atoms with Gasteiger partial charge in [0.25, 0.3) is 5.91 Å². The van der Waals surface area contributed by atoms with E-state index in [2.05, 4.69) is 10.3 Å². The fourth-order valence-electron chi connectivity index (χ4n) is 2.34. The molecule has 3 rings (SSSR count). The van der Waals surface area contributed by atoms with Crippen LogP contribution in [-0.4, -0.2) is 17.7 Å². The van der Waals surface area contributed by atoms with Crippen LogP contribution in [0.25, 0.3) is 6.08 Å². The Morgan fingerprint density at radius 3 is 2.84 bits per heavy atom. The third-order valence-corrected chi connectivity index (χ3v) is 4.94. The molecule has 6 heteroatoms. The molecule has 4 nitrogen and oxygen atoms in total. The molecule has 0 aliphatic carbocycles. The average molecular weight is 373 g/mol. The number of ether oxygens (including phenoxy) is 1. The quantitative estimate of drug-likeness (QED) is 0.773. The number of para-hydroxylation sites is 1. The van der Waals surface area contributed by atoms with Crippen molar-refractivity contribution in [1.29, 1.82) is 0 Å². The molecule has 25 heavy (non-hydrogen) atoms. The number of nitrogens with one attached hydrogen (secondary N) is 1. The second-order valence-corrected chi connectivity index (χ2v) is 6.77. The molecule has 1 aliphatic rings. The van der Waals surface area contributed by atoms with Crippen molar-refractivity contribution in [2.24, 2.45) is 4.99 Å². The maximum Gasteiger partial charge on any atom is 0.264 e. The highest BCUT2D eigenvalue weighted by Gasteiger charge is 2.24. The van der Waals surface area contributed by atoms with Crippen LogP contribution in [-0.2, 0) is 4.79 Å². The van der Waals surface area contributed by atoms with Gasteiger partial charge in [0.1, 0.15) is 5.75 Å². The number of halogens is 1. The lowest BCUT2D eigenvalue weighted by molar-refractivity contribution is -0.115. The Hall–Kier alpha value is -2.24. The number of amidine groups is 1. The average Bonchev–Trinajstić information content (AvgIpc) is 2.93. The van der Waals surface area contributed by atoms with Gasteiger partial charge in [0.05, 0.1) is 17.2 Å². The van der Waals surface area contributed by atoms with Crippen molar-refractivity contribution >= 4 is 46.2 Å². The van der Waals surface area contributed by atoms with Gasteiger partial charge in [0.2, 0.25) is 0 Å². The predicted molar refractivity (Wildman–Crippen MR) is 105 cm³/mol. The number of thioether (sulfide) groups is 1. The molecule has 1 amide bonds. The van der Waals surface area contributed by atoms with E-state index in [0.717, 1.165) is 22.6 Å². The first-order valence-electron chi connectivity index (χ1n) is 7.85. The fraction of sp³-hybridized carbons (Fsp3) is 0.158. The predicted octanol–water partition coefficient (Wildman–Crippen LogP) is 4.94. The number of amides is 1. The molecule has 0 aromatic heterocycles. The lowest BCUT2D eigenvalue weighted by Crippen LogP contribution is -2.19. The number of hydrogen-bond donors (Lipinski definition) is 1. The van der Waals surface area contributed by atoms with Gasteiger partial charge >= 0.3 is 0 Å². The summed E-state index contributed by atoms with van der Waals surface area (Å²) < 4.78 is 5.60. The van der Waals surface area contributed by atoms with Gasteiger partial charge in [-0.1, -0.05) is 35.9 Å².